The summed E-state index contributed by atoms with van der Waals surface area (Å²) in [6, 6.07) is 65.1. The van der Waals surface area contributed by atoms with Crippen LogP contribution >= 0.6 is 0 Å². The van der Waals surface area contributed by atoms with E-state index in [9.17, 15) is 0 Å². The summed E-state index contributed by atoms with van der Waals surface area (Å²) in [5, 5.41) is 0. The molecule has 0 spiro atoms. The van der Waals surface area contributed by atoms with Crippen LogP contribution in [0.5, 0.6) is 0 Å². The van der Waals surface area contributed by atoms with Crippen LogP contribution in [-0.4, -0.2) is 34.9 Å². The Balaban J connectivity index is 1.13. The lowest BCUT2D eigenvalue weighted by Gasteiger charge is -2.14. The predicted octanol–water partition coefficient (Wildman–Crippen LogP) is 13.7. The molecule has 64 heavy (non-hydrogen) atoms. The molecule has 0 saturated carbocycles. The first-order valence-corrected chi connectivity index (χ1v) is 21.4. The molecule has 0 fully saturated rings. The lowest BCUT2D eigenvalue weighted by atomic mass is 9.94. The first-order valence-electron chi connectivity index (χ1n) is 21.4. The van der Waals surface area contributed by atoms with E-state index in [2.05, 4.69) is 133 Å². The predicted molar refractivity (Wildman–Crippen MR) is 259 cm³/mol. The molecule has 0 aliphatic rings. The van der Waals surface area contributed by atoms with Gasteiger partial charge in [0.25, 0.3) is 0 Å². The number of hydrogen-bond acceptors (Lipinski definition) is 7. The minimum absolute atomic E-state index is 0.576. The maximum Gasteiger partial charge on any atom is 0.164 e. The fourth-order valence-corrected chi connectivity index (χ4v) is 8.13. The second kappa shape index (κ2) is 17.2. The minimum Gasteiger partial charge on any atom is -0.233 e. The van der Waals surface area contributed by atoms with E-state index in [1.165, 1.54) is 0 Å². The number of rotatable bonds is 9. The van der Waals surface area contributed by atoms with Crippen LogP contribution in [0.15, 0.2) is 188 Å². The molecule has 0 unspecified atom stereocenters. The van der Waals surface area contributed by atoms with Gasteiger partial charge in [-0.1, -0.05) is 140 Å². The Morgan fingerprint density at radius 3 is 0.734 bits per heavy atom. The summed E-state index contributed by atoms with van der Waals surface area (Å²) in [6.07, 6.45) is 0. The molecule has 0 saturated heterocycles. The lowest BCUT2D eigenvalue weighted by Crippen LogP contribution is -2.01. The van der Waals surface area contributed by atoms with Crippen molar-refractivity contribution in [1.82, 2.24) is 34.9 Å². The van der Waals surface area contributed by atoms with E-state index < -0.39 is 0 Å². The van der Waals surface area contributed by atoms with E-state index in [-0.39, 0.29) is 0 Å². The van der Waals surface area contributed by atoms with Gasteiger partial charge in [-0.25, -0.2) is 34.9 Å². The molecule has 3 aromatic heterocycles. The Morgan fingerprint density at radius 2 is 0.406 bits per heavy atom. The standard InChI is InChI=1S/C57H43N7/c1-36-28-37(2)59-53(58-36)45-24-20-42(21-25-45)49-30-47(40-14-8-5-9-15-40)32-51(34-49)56-62-55(44-18-12-7-13-19-44)63-57(64-56)52-33-48(41-16-10-6-11-17-41)31-50(35-52)43-22-26-46(27-23-43)54-60-38(3)29-39(4)61-54/h5-35H,1-4H3. The highest BCUT2D eigenvalue weighted by molar-refractivity contribution is 5.83. The van der Waals surface area contributed by atoms with E-state index >= 15 is 0 Å². The molecule has 0 bridgehead atoms. The van der Waals surface area contributed by atoms with Crippen LogP contribution in [0.2, 0.25) is 0 Å². The average molecular weight is 826 g/mol. The van der Waals surface area contributed by atoms with E-state index in [1.54, 1.807) is 0 Å². The minimum atomic E-state index is 0.576. The fourth-order valence-electron chi connectivity index (χ4n) is 8.13. The zero-order chi connectivity index (χ0) is 43.6. The third-order valence-corrected chi connectivity index (χ3v) is 11.2. The summed E-state index contributed by atoms with van der Waals surface area (Å²) in [6.45, 7) is 8.00. The molecule has 0 amide bonds. The Morgan fingerprint density at radius 1 is 0.188 bits per heavy atom. The third kappa shape index (κ3) is 8.60. The van der Waals surface area contributed by atoms with Gasteiger partial charge in [-0.2, -0.15) is 0 Å². The Kier molecular flexibility index (Phi) is 10.7. The molecule has 0 aliphatic carbocycles. The van der Waals surface area contributed by atoms with E-state index in [0.29, 0.717) is 17.5 Å². The number of benzene rings is 7. The van der Waals surface area contributed by atoms with Crippen LogP contribution in [-0.2, 0) is 0 Å². The molecule has 0 radical (unpaired) electrons. The molecular formula is C57H43N7. The zero-order valence-electron chi connectivity index (χ0n) is 36.0. The van der Waals surface area contributed by atoms with Crippen LogP contribution < -0.4 is 0 Å². The highest BCUT2D eigenvalue weighted by Gasteiger charge is 2.17. The Labute approximate surface area is 373 Å². The molecule has 7 heteroatoms. The van der Waals surface area contributed by atoms with Crippen molar-refractivity contribution in [3.8, 4) is 101 Å². The molecule has 306 valence electrons. The number of hydrogen-bond donors (Lipinski definition) is 0. The maximum absolute atomic E-state index is 5.32. The van der Waals surface area contributed by atoms with Crippen molar-refractivity contribution in [3.05, 3.63) is 211 Å². The Hall–Kier alpha value is -8.29. The molecular weight excluding hydrogens is 783 g/mol. The van der Waals surface area contributed by atoms with Crippen LogP contribution in [0.4, 0.5) is 0 Å². The monoisotopic (exact) mass is 825 g/mol. The molecule has 0 N–H and O–H groups in total. The Bertz CT molecular complexity index is 3040. The number of aromatic nitrogens is 7. The van der Waals surface area contributed by atoms with Gasteiger partial charge in [-0.15, -0.1) is 0 Å². The average Bonchev–Trinajstić information content (AvgIpc) is 3.34. The van der Waals surface area contributed by atoms with Crippen molar-refractivity contribution in [1.29, 1.82) is 0 Å². The van der Waals surface area contributed by atoms with Crippen molar-refractivity contribution < 1.29 is 0 Å². The first kappa shape index (κ1) is 39.8. The van der Waals surface area contributed by atoms with E-state index in [4.69, 9.17) is 34.9 Å². The van der Waals surface area contributed by atoms with Gasteiger partial charge in [0.05, 0.1) is 0 Å². The summed E-state index contributed by atoms with van der Waals surface area (Å²) < 4.78 is 0. The van der Waals surface area contributed by atoms with Gasteiger partial charge in [0.1, 0.15) is 0 Å². The largest absolute Gasteiger partial charge is 0.233 e. The van der Waals surface area contributed by atoms with Crippen molar-refractivity contribution in [3.63, 3.8) is 0 Å². The molecule has 3 heterocycles. The lowest BCUT2D eigenvalue weighted by molar-refractivity contribution is 1.06. The van der Waals surface area contributed by atoms with Crippen LogP contribution in [0.25, 0.3) is 101 Å². The van der Waals surface area contributed by atoms with Gasteiger partial charge < -0.3 is 0 Å². The molecule has 10 aromatic rings. The topological polar surface area (TPSA) is 90.2 Å². The first-order chi connectivity index (χ1) is 31.3. The van der Waals surface area contributed by atoms with Crippen LogP contribution in [0.1, 0.15) is 22.8 Å². The smallest absolute Gasteiger partial charge is 0.164 e. The summed E-state index contributed by atoms with van der Waals surface area (Å²) in [5.41, 5.74) is 16.9. The summed E-state index contributed by atoms with van der Waals surface area (Å²) in [7, 11) is 0. The number of nitrogens with zero attached hydrogens (tertiary/aromatic N) is 7. The second-order valence-electron chi connectivity index (χ2n) is 16.1. The highest BCUT2D eigenvalue weighted by atomic mass is 15.0. The van der Waals surface area contributed by atoms with E-state index in [0.717, 1.165) is 107 Å². The van der Waals surface area contributed by atoms with Gasteiger partial charge >= 0.3 is 0 Å². The molecule has 7 nitrogen and oxygen atoms in total. The van der Waals surface area contributed by atoms with Gasteiger partial charge in [0, 0.05) is 50.6 Å². The highest BCUT2D eigenvalue weighted by Crippen LogP contribution is 2.37. The van der Waals surface area contributed by atoms with Crippen molar-refractivity contribution in [2.75, 3.05) is 0 Å². The molecule has 0 aliphatic heterocycles. The van der Waals surface area contributed by atoms with Crippen LogP contribution in [0, 0.1) is 27.7 Å². The summed E-state index contributed by atoms with van der Waals surface area (Å²) >= 11 is 0. The molecule has 0 atom stereocenters. The third-order valence-electron chi connectivity index (χ3n) is 11.2. The summed E-state index contributed by atoms with van der Waals surface area (Å²) in [4.78, 5) is 34.6. The molecule has 10 rings (SSSR count). The van der Waals surface area contributed by atoms with Gasteiger partial charge in [0.15, 0.2) is 29.1 Å². The zero-order valence-corrected chi connectivity index (χ0v) is 36.0. The normalized spacial score (nSPS) is 11.1. The SMILES string of the molecule is Cc1cc(C)nc(-c2ccc(-c3cc(-c4ccccc4)cc(-c4nc(-c5ccccc5)nc(-c5cc(-c6ccccc6)cc(-c6ccc(-c7nc(C)cc(C)n7)cc6)c5)n4)c3)cc2)n1. The maximum atomic E-state index is 5.32. The fraction of sp³-hybridized carbons (Fsp3) is 0.0702. The number of aryl methyl sites for hydroxylation is 4. The van der Waals surface area contributed by atoms with Crippen molar-refractivity contribution in [2.24, 2.45) is 0 Å². The van der Waals surface area contributed by atoms with Crippen LogP contribution in [0.3, 0.4) is 0 Å². The van der Waals surface area contributed by atoms with Gasteiger partial charge in [0.2, 0.25) is 0 Å². The van der Waals surface area contributed by atoms with Crippen molar-refractivity contribution in [2.45, 2.75) is 27.7 Å². The van der Waals surface area contributed by atoms with Crippen molar-refractivity contribution >= 4 is 0 Å². The summed E-state index contributed by atoms with van der Waals surface area (Å²) in [5.74, 6) is 3.18. The quantitative estimate of drug-likeness (QED) is 0.143. The van der Waals surface area contributed by atoms with Gasteiger partial charge in [-0.3, -0.25) is 0 Å². The van der Waals surface area contributed by atoms with E-state index in [1.807, 2.05) is 82.3 Å². The van der Waals surface area contributed by atoms with Gasteiger partial charge in [-0.05, 0) is 121 Å². The second-order valence-corrected chi connectivity index (χ2v) is 16.1. The molecule has 7 aromatic carbocycles.